The highest BCUT2D eigenvalue weighted by molar-refractivity contribution is 7.97. The molecule has 1 aliphatic heterocycles. The van der Waals surface area contributed by atoms with E-state index in [4.69, 9.17) is 9.47 Å². The van der Waals surface area contributed by atoms with Crippen molar-refractivity contribution in [1.82, 2.24) is 4.72 Å². The van der Waals surface area contributed by atoms with E-state index in [0.717, 1.165) is 54.5 Å². The third-order valence-corrected chi connectivity index (χ3v) is 8.35. The van der Waals surface area contributed by atoms with Crippen LogP contribution < -0.4 is 24.0 Å². The van der Waals surface area contributed by atoms with Crippen LogP contribution in [0.4, 0.5) is 11.4 Å². The number of benzene rings is 3. The molecule has 3 aromatic carbocycles. The second-order valence-corrected chi connectivity index (χ2v) is 11.9. The molecule has 0 bridgehead atoms. The molecule has 40 heavy (non-hydrogen) atoms. The van der Waals surface area contributed by atoms with Crippen molar-refractivity contribution in [3.05, 3.63) is 77.4 Å². The minimum absolute atomic E-state index is 0.0312. The van der Waals surface area contributed by atoms with Crippen LogP contribution >= 0.6 is 11.9 Å². The number of aryl methyl sites for hydroxylation is 2. The molecule has 0 fully saturated rings. The fraction of sp³-hybridized carbons (Fsp3) is 0.424. The highest BCUT2D eigenvalue weighted by Crippen LogP contribution is 2.44. The van der Waals surface area contributed by atoms with Crippen molar-refractivity contribution < 1.29 is 14.3 Å². The summed E-state index contributed by atoms with van der Waals surface area (Å²) < 4.78 is 14.6. The zero-order valence-corrected chi connectivity index (χ0v) is 25.4. The lowest BCUT2D eigenvalue weighted by atomic mass is 9.70. The Hall–Kier alpha value is -3.32. The van der Waals surface area contributed by atoms with Gasteiger partial charge in [0.25, 0.3) is 0 Å². The van der Waals surface area contributed by atoms with Crippen LogP contribution in [0.2, 0.25) is 0 Å². The van der Waals surface area contributed by atoms with Crippen molar-refractivity contribution in [1.29, 1.82) is 0 Å². The standard InChI is InChI=1S/C21H24N2O2S.C12H19NO/c1-15-5-7-18-16(10-15)4-3-9-21(18)12-23(2)19-11-17(26-22-14-24)6-8-20(19)25-13-21;1-4-5-9-14-12-8-6-7-11(10-12)13(2)3/h5-8,10-11,14H,3-4,9,12-13H2,1-2H3,(H,22,24);6-8,10H,4-5,9H2,1-3H3/t21-;/m0./s1. The Morgan fingerprint density at radius 2 is 2.00 bits per heavy atom. The van der Waals surface area contributed by atoms with Crippen molar-refractivity contribution in [3.8, 4) is 11.5 Å². The van der Waals surface area contributed by atoms with Crippen molar-refractivity contribution in [2.75, 3.05) is 50.7 Å². The van der Waals surface area contributed by atoms with Gasteiger partial charge in [-0.15, -0.1) is 0 Å². The molecule has 7 heteroatoms. The maximum absolute atomic E-state index is 10.6. The molecule has 0 radical (unpaired) electrons. The molecule has 1 atom stereocenters. The lowest BCUT2D eigenvalue weighted by Crippen LogP contribution is -2.44. The Kier molecular flexibility index (Phi) is 10.3. The second kappa shape index (κ2) is 13.8. The van der Waals surface area contributed by atoms with E-state index >= 15 is 0 Å². The number of hydrogen-bond acceptors (Lipinski definition) is 6. The summed E-state index contributed by atoms with van der Waals surface area (Å²) in [4.78, 5) is 15.9. The molecule has 1 spiro atoms. The van der Waals surface area contributed by atoms with Crippen LogP contribution in [-0.2, 0) is 16.6 Å². The SMILES string of the molecule is CCCCOc1cccc(N(C)C)c1.Cc1ccc2c(c1)CCC[C@]21COc2ccc(SNC=O)cc2N(C)C1. The van der Waals surface area contributed by atoms with E-state index in [2.05, 4.69) is 71.8 Å². The third-order valence-electron chi connectivity index (χ3n) is 7.64. The average Bonchev–Trinajstić information content (AvgIpc) is 3.09. The third kappa shape index (κ3) is 7.25. The number of ether oxygens (including phenoxy) is 2. The van der Waals surface area contributed by atoms with E-state index < -0.39 is 0 Å². The van der Waals surface area contributed by atoms with Gasteiger partial charge in [0.05, 0.1) is 18.9 Å². The molecule has 1 heterocycles. The Morgan fingerprint density at radius 3 is 2.77 bits per heavy atom. The Morgan fingerprint density at radius 1 is 1.15 bits per heavy atom. The smallest absolute Gasteiger partial charge is 0.217 e. The first-order valence-electron chi connectivity index (χ1n) is 14.2. The van der Waals surface area contributed by atoms with Crippen LogP contribution in [0, 0.1) is 6.92 Å². The summed E-state index contributed by atoms with van der Waals surface area (Å²) in [7, 11) is 6.20. The average molecular weight is 562 g/mol. The van der Waals surface area contributed by atoms with Crippen molar-refractivity contribution in [2.24, 2.45) is 0 Å². The summed E-state index contributed by atoms with van der Waals surface area (Å²) in [6, 6.07) is 21.1. The number of hydrogen-bond donors (Lipinski definition) is 1. The Labute approximate surface area is 244 Å². The van der Waals surface area contributed by atoms with Gasteiger partial charge in [-0.1, -0.05) is 43.2 Å². The normalized spacial score (nSPS) is 17.4. The molecule has 0 aromatic heterocycles. The van der Waals surface area contributed by atoms with Gasteiger partial charge >= 0.3 is 0 Å². The molecule has 5 rings (SSSR count). The van der Waals surface area contributed by atoms with E-state index in [1.54, 1.807) is 0 Å². The molecule has 0 unspecified atom stereocenters. The summed E-state index contributed by atoms with van der Waals surface area (Å²) in [6.07, 6.45) is 6.50. The Balaban J connectivity index is 0.000000224. The van der Waals surface area contributed by atoms with E-state index in [1.165, 1.54) is 47.2 Å². The van der Waals surface area contributed by atoms with Crippen LogP contribution in [0.25, 0.3) is 0 Å². The zero-order chi connectivity index (χ0) is 28.5. The quantitative estimate of drug-likeness (QED) is 0.186. The van der Waals surface area contributed by atoms with Gasteiger partial charge < -0.3 is 19.3 Å². The van der Waals surface area contributed by atoms with Crippen molar-refractivity contribution in [3.63, 3.8) is 0 Å². The van der Waals surface area contributed by atoms with Gasteiger partial charge in [0.1, 0.15) is 11.5 Å². The Bertz CT molecular complexity index is 1280. The number of nitrogens with zero attached hydrogens (tertiary/aromatic N) is 2. The minimum Gasteiger partial charge on any atom is -0.494 e. The molecular weight excluding hydrogens is 518 g/mol. The van der Waals surface area contributed by atoms with Gasteiger partial charge in [-0.3, -0.25) is 9.52 Å². The first-order valence-corrected chi connectivity index (χ1v) is 15.0. The minimum atomic E-state index is 0.0312. The summed E-state index contributed by atoms with van der Waals surface area (Å²) in [6.45, 7) is 6.79. The number of anilines is 2. The number of carbonyl (C=O) groups is 1. The van der Waals surface area contributed by atoms with Gasteiger partial charge in [0.15, 0.2) is 0 Å². The van der Waals surface area contributed by atoms with E-state index in [-0.39, 0.29) is 5.41 Å². The lowest BCUT2D eigenvalue weighted by Gasteiger charge is -2.40. The van der Waals surface area contributed by atoms with Crippen LogP contribution in [0.5, 0.6) is 11.5 Å². The molecular formula is C33H43N3O3S. The molecule has 2 aliphatic rings. The molecule has 1 amide bonds. The molecule has 214 valence electrons. The fourth-order valence-electron chi connectivity index (χ4n) is 5.57. The second-order valence-electron chi connectivity index (χ2n) is 11.0. The van der Waals surface area contributed by atoms with Gasteiger partial charge in [0, 0.05) is 49.8 Å². The highest BCUT2D eigenvalue weighted by atomic mass is 32.2. The highest BCUT2D eigenvalue weighted by Gasteiger charge is 2.40. The summed E-state index contributed by atoms with van der Waals surface area (Å²) in [5.41, 5.74) is 6.55. The van der Waals surface area contributed by atoms with Crippen molar-refractivity contribution in [2.45, 2.75) is 56.3 Å². The topological polar surface area (TPSA) is 54.0 Å². The van der Waals surface area contributed by atoms with Gasteiger partial charge in [0.2, 0.25) is 6.41 Å². The van der Waals surface area contributed by atoms with Crippen molar-refractivity contribution >= 4 is 29.7 Å². The summed E-state index contributed by atoms with van der Waals surface area (Å²) in [5.74, 6) is 1.88. The van der Waals surface area contributed by atoms with Crippen LogP contribution in [0.15, 0.2) is 65.6 Å². The monoisotopic (exact) mass is 561 g/mol. The maximum Gasteiger partial charge on any atom is 0.217 e. The molecule has 1 aliphatic carbocycles. The van der Waals surface area contributed by atoms with E-state index in [9.17, 15) is 4.79 Å². The predicted molar refractivity (Wildman–Crippen MR) is 167 cm³/mol. The van der Waals surface area contributed by atoms with E-state index in [1.807, 2.05) is 38.4 Å². The number of fused-ring (bicyclic) bond motifs is 3. The number of rotatable bonds is 8. The molecule has 0 saturated carbocycles. The van der Waals surface area contributed by atoms with Crippen LogP contribution in [0.1, 0.15) is 49.3 Å². The predicted octanol–water partition coefficient (Wildman–Crippen LogP) is 6.78. The summed E-state index contributed by atoms with van der Waals surface area (Å²) >= 11 is 1.32. The van der Waals surface area contributed by atoms with Crippen LogP contribution in [-0.4, -0.2) is 47.3 Å². The molecule has 1 N–H and O–H groups in total. The van der Waals surface area contributed by atoms with Gasteiger partial charge in [-0.05, 0) is 86.0 Å². The van der Waals surface area contributed by atoms with Crippen LogP contribution in [0.3, 0.4) is 0 Å². The first kappa shape index (κ1) is 29.7. The summed E-state index contributed by atoms with van der Waals surface area (Å²) in [5, 5.41) is 0. The number of likely N-dealkylation sites (N-methyl/N-ethyl adjacent to an activating group) is 1. The number of carbonyl (C=O) groups excluding carboxylic acids is 1. The lowest BCUT2D eigenvalue weighted by molar-refractivity contribution is -0.107. The molecule has 6 nitrogen and oxygen atoms in total. The molecule has 3 aromatic rings. The zero-order valence-electron chi connectivity index (χ0n) is 24.5. The number of amides is 1. The number of unbranched alkanes of at least 4 members (excludes halogenated alkanes) is 1. The van der Waals surface area contributed by atoms with E-state index in [0.29, 0.717) is 13.0 Å². The number of nitrogens with one attached hydrogen (secondary N) is 1. The first-order chi connectivity index (χ1) is 19.3. The largest absolute Gasteiger partial charge is 0.494 e. The molecule has 0 saturated heterocycles. The fourth-order valence-corrected chi connectivity index (χ4v) is 6.06. The van der Waals surface area contributed by atoms with Gasteiger partial charge in [-0.25, -0.2) is 0 Å². The van der Waals surface area contributed by atoms with Gasteiger partial charge in [-0.2, -0.15) is 0 Å². The maximum atomic E-state index is 10.6.